The van der Waals surface area contributed by atoms with Gasteiger partial charge < -0.3 is 0 Å². The molecule has 0 aliphatic carbocycles. The topological polar surface area (TPSA) is 3.24 Å². The van der Waals surface area contributed by atoms with Crippen molar-refractivity contribution < 1.29 is 0 Å². The highest BCUT2D eigenvalue weighted by Gasteiger charge is 2.31. The first-order valence-corrected chi connectivity index (χ1v) is 8.30. The number of piperidine rings is 1. The number of rotatable bonds is 4. The Hall–Kier alpha value is 0.140. The zero-order valence-corrected chi connectivity index (χ0v) is 13.2. The summed E-state index contributed by atoms with van der Waals surface area (Å²) in [5, 5.41) is 2.18. The average Bonchev–Trinajstić information content (AvgIpc) is 2.76. The molecule has 0 N–H and O–H groups in total. The first-order chi connectivity index (χ1) is 8.17. The molecule has 1 aromatic heterocycles. The second-order valence-electron chi connectivity index (χ2n) is 5.21. The van der Waals surface area contributed by atoms with E-state index in [1.807, 2.05) is 11.3 Å². The molecule has 1 aromatic rings. The Morgan fingerprint density at radius 2 is 1.94 bits per heavy atom. The van der Waals surface area contributed by atoms with Gasteiger partial charge >= 0.3 is 0 Å². The van der Waals surface area contributed by atoms with Crippen LogP contribution in [0.5, 0.6) is 0 Å². The Labute approximate surface area is 117 Å². The van der Waals surface area contributed by atoms with Gasteiger partial charge in [-0.05, 0) is 53.3 Å². The summed E-state index contributed by atoms with van der Waals surface area (Å²) in [5.41, 5.74) is 0.645. The quantitative estimate of drug-likeness (QED) is 0.762. The number of thiophene rings is 1. The first-order valence-electron chi connectivity index (χ1n) is 6.63. The van der Waals surface area contributed by atoms with Crippen LogP contribution in [0.3, 0.4) is 0 Å². The van der Waals surface area contributed by atoms with Gasteiger partial charge in [0.05, 0.1) is 0 Å². The van der Waals surface area contributed by atoms with Gasteiger partial charge in [0.15, 0.2) is 0 Å². The molecule has 96 valence electrons. The molecular weight excluding hydrogens is 294 g/mol. The largest absolute Gasteiger partial charge is 0.298 e. The number of likely N-dealkylation sites (tertiary alicyclic amines) is 1. The lowest BCUT2D eigenvalue weighted by molar-refractivity contribution is 0.0915. The van der Waals surface area contributed by atoms with Crippen LogP contribution < -0.4 is 0 Å². The molecule has 0 atom stereocenters. The highest BCUT2D eigenvalue weighted by molar-refractivity contribution is 9.10. The number of nitrogens with zero attached hydrogens (tertiary/aromatic N) is 1. The highest BCUT2D eigenvalue weighted by Crippen LogP contribution is 2.38. The average molecular weight is 316 g/mol. The maximum atomic E-state index is 3.53. The van der Waals surface area contributed by atoms with Crippen LogP contribution in [0.4, 0.5) is 0 Å². The fourth-order valence-corrected chi connectivity index (χ4v) is 4.29. The molecular formula is C14H22BrNS. The number of halogens is 1. The van der Waals surface area contributed by atoms with Crippen molar-refractivity contribution in [2.24, 2.45) is 5.41 Å². The van der Waals surface area contributed by atoms with Gasteiger partial charge in [-0.15, -0.1) is 11.3 Å². The molecule has 1 nitrogen and oxygen atoms in total. The second-order valence-corrected chi connectivity index (χ2v) is 7.13. The summed E-state index contributed by atoms with van der Waals surface area (Å²) in [7, 11) is 0. The van der Waals surface area contributed by atoms with Gasteiger partial charge in [0, 0.05) is 21.3 Å². The minimum atomic E-state index is 0.645. The van der Waals surface area contributed by atoms with Crippen LogP contribution in [-0.4, -0.2) is 18.0 Å². The third kappa shape index (κ3) is 3.33. The SMILES string of the molecule is CCC1(CC)CCN(Cc2cc(Br)cs2)CC1. The fraction of sp³-hybridized carbons (Fsp3) is 0.714. The van der Waals surface area contributed by atoms with E-state index < -0.39 is 0 Å². The molecule has 3 heteroatoms. The molecule has 17 heavy (non-hydrogen) atoms. The van der Waals surface area contributed by atoms with Crippen molar-refractivity contribution in [1.29, 1.82) is 0 Å². The summed E-state index contributed by atoms with van der Waals surface area (Å²) in [4.78, 5) is 4.10. The van der Waals surface area contributed by atoms with Gasteiger partial charge in [-0.25, -0.2) is 0 Å². The van der Waals surface area contributed by atoms with E-state index in [1.165, 1.54) is 48.1 Å². The predicted molar refractivity (Wildman–Crippen MR) is 79.5 cm³/mol. The van der Waals surface area contributed by atoms with Gasteiger partial charge in [-0.1, -0.05) is 26.7 Å². The summed E-state index contributed by atoms with van der Waals surface area (Å²) < 4.78 is 1.23. The van der Waals surface area contributed by atoms with Gasteiger partial charge in [0.1, 0.15) is 0 Å². The lowest BCUT2D eigenvalue weighted by Crippen LogP contribution is -2.38. The van der Waals surface area contributed by atoms with Gasteiger partial charge in [-0.2, -0.15) is 0 Å². The Bertz CT molecular complexity index is 347. The van der Waals surface area contributed by atoms with Crippen molar-refractivity contribution in [3.63, 3.8) is 0 Å². The van der Waals surface area contributed by atoms with Crippen LogP contribution in [0.1, 0.15) is 44.4 Å². The van der Waals surface area contributed by atoms with E-state index in [9.17, 15) is 0 Å². The summed E-state index contributed by atoms with van der Waals surface area (Å²) >= 11 is 5.40. The van der Waals surface area contributed by atoms with Crippen molar-refractivity contribution in [2.75, 3.05) is 13.1 Å². The molecule has 0 spiro atoms. The van der Waals surface area contributed by atoms with E-state index in [2.05, 4.69) is 46.1 Å². The maximum Gasteiger partial charge on any atom is 0.0328 e. The lowest BCUT2D eigenvalue weighted by Gasteiger charge is -2.40. The molecule has 0 radical (unpaired) electrons. The zero-order chi connectivity index (χ0) is 12.3. The summed E-state index contributed by atoms with van der Waals surface area (Å²) in [6, 6.07) is 2.26. The Kier molecular flexibility index (Phi) is 4.67. The lowest BCUT2D eigenvalue weighted by atomic mass is 9.74. The second kappa shape index (κ2) is 5.85. The molecule has 1 aliphatic heterocycles. The van der Waals surface area contributed by atoms with E-state index in [0.717, 1.165) is 6.54 Å². The molecule has 1 aliphatic rings. The van der Waals surface area contributed by atoms with Crippen LogP contribution in [-0.2, 0) is 6.54 Å². The van der Waals surface area contributed by atoms with Crippen LogP contribution in [0.2, 0.25) is 0 Å². The molecule has 0 saturated carbocycles. The third-order valence-electron chi connectivity index (χ3n) is 4.42. The molecule has 2 heterocycles. The van der Waals surface area contributed by atoms with Crippen molar-refractivity contribution in [3.05, 3.63) is 20.8 Å². The molecule has 2 rings (SSSR count). The molecule has 1 saturated heterocycles. The molecule has 1 fully saturated rings. The van der Waals surface area contributed by atoms with Crippen molar-refractivity contribution in [3.8, 4) is 0 Å². The standard InChI is InChI=1S/C14H22BrNS/c1-3-14(4-2)5-7-16(8-6-14)10-13-9-12(15)11-17-13/h9,11H,3-8,10H2,1-2H3. The van der Waals surface area contributed by atoms with E-state index >= 15 is 0 Å². The van der Waals surface area contributed by atoms with Crippen LogP contribution in [0.15, 0.2) is 15.9 Å². The smallest absolute Gasteiger partial charge is 0.0328 e. The fourth-order valence-electron chi connectivity index (χ4n) is 2.80. The summed E-state index contributed by atoms with van der Waals surface area (Å²) in [5.74, 6) is 0. The highest BCUT2D eigenvalue weighted by atomic mass is 79.9. The third-order valence-corrected chi connectivity index (χ3v) is 6.10. The Morgan fingerprint density at radius 1 is 1.29 bits per heavy atom. The first kappa shape index (κ1) is 13.6. The van der Waals surface area contributed by atoms with Gasteiger partial charge in [0.25, 0.3) is 0 Å². The van der Waals surface area contributed by atoms with Crippen molar-refractivity contribution in [2.45, 2.75) is 46.1 Å². The number of hydrogen-bond acceptors (Lipinski definition) is 2. The van der Waals surface area contributed by atoms with E-state index in [-0.39, 0.29) is 0 Å². The zero-order valence-electron chi connectivity index (χ0n) is 10.8. The van der Waals surface area contributed by atoms with E-state index in [4.69, 9.17) is 0 Å². The Morgan fingerprint density at radius 3 is 2.41 bits per heavy atom. The monoisotopic (exact) mass is 315 g/mol. The minimum absolute atomic E-state index is 0.645. The van der Waals surface area contributed by atoms with Crippen LogP contribution >= 0.6 is 27.3 Å². The van der Waals surface area contributed by atoms with Crippen molar-refractivity contribution >= 4 is 27.3 Å². The van der Waals surface area contributed by atoms with Crippen molar-refractivity contribution in [1.82, 2.24) is 4.90 Å². The Balaban J connectivity index is 1.87. The molecule has 0 amide bonds. The van der Waals surface area contributed by atoms with Gasteiger partial charge in [0.2, 0.25) is 0 Å². The minimum Gasteiger partial charge on any atom is -0.298 e. The van der Waals surface area contributed by atoms with Gasteiger partial charge in [-0.3, -0.25) is 4.90 Å². The predicted octanol–water partition coefficient (Wildman–Crippen LogP) is 4.91. The van der Waals surface area contributed by atoms with Crippen LogP contribution in [0, 0.1) is 5.41 Å². The summed E-state index contributed by atoms with van der Waals surface area (Å²) in [6.45, 7) is 8.40. The molecule has 0 unspecified atom stereocenters. The van der Waals surface area contributed by atoms with Crippen LogP contribution in [0.25, 0.3) is 0 Å². The maximum absolute atomic E-state index is 3.53. The van der Waals surface area contributed by atoms with E-state index in [1.54, 1.807) is 0 Å². The van der Waals surface area contributed by atoms with E-state index in [0.29, 0.717) is 5.41 Å². The normalized spacial score (nSPS) is 20.6. The molecule has 0 aromatic carbocycles. The number of hydrogen-bond donors (Lipinski definition) is 0. The molecule has 0 bridgehead atoms. The summed E-state index contributed by atoms with van der Waals surface area (Å²) in [6.07, 6.45) is 5.46.